The molecule has 0 saturated heterocycles. The Morgan fingerprint density at radius 2 is 2.26 bits per heavy atom. The van der Waals surface area contributed by atoms with Crippen molar-refractivity contribution in [3.05, 3.63) is 40.9 Å². The number of hydrogen-bond donors (Lipinski definition) is 1. The number of hydrogen-bond acceptors (Lipinski definition) is 3. The van der Waals surface area contributed by atoms with E-state index in [9.17, 15) is 8.78 Å². The molecule has 0 aliphatic rings. The van der Waals surface area contributed by atoms with Gasteiger partial charge in [-0.25, -0.2) is 4.98 Å². The number of nitrogens with zero attached hydrogens (tertiary/aromatic N) is 2. The van der Waals surface area contributed by atoms with Crippen LogP contribution in [0.2, 0.25) is 0 Å². The van der Waals surface area contributed by atoms with Crippen molar-refractivity contribution in [2.24, 2.45) is 0 Å². The molecule has 1 aromatic carbocycles. The molecule has 1 N–H and O–H groups in total. The zero-order valence-electron chi connectivity index (χ0n) is 10.1. The molecular formula is C12H12BrF2N3O. The van der Waals surface area contributed by atoms with E-state index in [0.29, 0.717) is 5.75 Å². The summed E-state index contributed by atoms with van der Waals surface area (Å²) in [6, 6.07) is 5.42. The van der Waals surface area contributed by atoms with Crippen LogP contribution in [0.25, 0.3) is 0 Å². The quantitative estimate of drug-likeness (QED) is 0.908. The first kappa shape index (κ1) is 13.8. The van der Waals surface area contributed by atoms with E-state index in [4.69, 9.17) is 4.74 Å². The Bertz CT molecular complexity index is 560. The fourth-order valence-corrected chi connectivity index (χ4v) is 2.02. The third-order valence-electron chi connectivity index (χ3n) is 2.56. The second-order valence-electron chi connectivity index (χ2n) is 3.73. The molecular weight excluding hydrogens is 320 g/mol. The second kappa shape index (κ2) is 6.01. The van der Waals surface area contributed by atoms with E-state index in [-0.39, 0.29) is 12.4 Å². The number of rotatable bonds is 5. The van der Waals surface area contributed by atoms with Gasteiger partial charge in [0, 0.05) is 24.1 Å². The Morgan fingerprint density at radius 3 is 2.95 bits per heavy atom. The van der Waals surface area contributed by atoms with Crippen LogP contribution >= 0.6 is 15.9 Å². The monoisotopic (exact) mass is 331 g/mol. The minimum atomic E-state index is -2.58. The summed E-state index contributed by atoms with van der Waals surface area (Å²) in [4.78, 5) is 3.89. The minimum absolute atomic E-state index is 0.210. The summed E-state index contributed by atoms with van der Waals surface area (Å²) in [5.74, 6) is 0.944. The second-order valence-corrected chi connectivity index (χ2v) is 4.59. The standard InChI is InChI=1S/C12H12BrF2N3O/c1-19-10-6-8(2-3-9(10)13)17-7-11-16-4-5-18(11)12(14)15/h2-6,12,17H,7H2,1H3. The number of halogens is 3. The van der Waals surface area contributed by atoms with Gasteiger partial charge in [0.05, 0.1) is 18.1 Å². The van der Waals surface area contributed by atoms with Gasteiger partial charge in [-0.2, -0.15) is 8.78 Å². The number of nitrogens with one attached hydrogen (secondary N) is 1. The minimum Gasteiger partial charge on any atom is -0.495 e. The van der Waals surface area contributed by atoms with Crippen LogP contribution in [0.1, 0.15) is 12.4 Å². The lowest BCUT2D eigenvalue weighted by atomic mass is 10.3. The van der Waals surface area contributed by atoms with E-state index in [1.165, 1.54) is 12.4 Å². The SMILES string of the molecule is COc1cc(NCc2nccn2C(F)F)ccc1Br. The third-order valence-corrected chi connectivity index (χ3v) is 3.22. The van der Waals surface area contributed by atoms with E-state index >= 15 is 0 Å². The summed E-state index contributed by atoms with van der Waals surface area (Å²) in [6.07, 6.45) is 2.61. The van der Waals surface area contributed by atoms with Gasteiger partial charge in [0.25, 0.3) is 0 Å². The van der Waals surface area contributed by atoms with Gasteiger partial charge >= 0.3 is 6.55 Å². The van der Waals surface area contributed by atoms with Crippen molar-refractivity contribution in [1.29, 1.82) is 0 Å². The molecule has 2 aromatic rings. The highest BCUT2D eigenvalue weighted by molar-refractivity contribution is 9.10. The highest BCUT2D eigenvalue weighted by atomic mass is 79.9. The molecule has 0 atom stereocenters. The van der Waals surface area contributed by atoms with Crippen LogP contribution in [0, 0.1) is 0 Å². The Labute approximate surface area is 117 Å². The Balaban J connectivity index is 2.08. The lowest BCUT2D eigenvalue weighted by Gasteiger charge is -2.10. The van der Waals surface area contributed by atoms with E-state index in [0.717, 1.165) is 14.7 Å². The Morgan fingerprint density at radius 1 is 1.47 bits per heavy atom. The predicted octanol–water partition coefficient (Wildman–Crippen LogP) is 3.66. The van der Waals surface area contributed by atoms with Gasteiger partial charge in [-0.15, -0.1) is 0 Å². The number of alkyl halides is 2. The summed E-state index contributed by atoms with van der Waals surface area (Å²) >= 11 is 3.34. The zero-order valence-corrected chi connectivity index (χ0v) is 11.7. The molecule has 2 rings (SSSR count). The summed E-state index contributed by atoms with van der Waals surface area (Å²) < 4.78 is 32.1. The lowest BCUT2D eigenvalue weighted by Crippen LogP contribution is -2.09. The highest BCUT2D eigenvalue weighted by Crippen LogP contribution is 2.28. The van der Waals surface area contributed by atoms with Crippen molar-refractivity contribution in [2.45, 2.75) is 13.1 Å². The van der Waals surface area contributed by atoms with E-state index in [1.807, 2.05) is 12.1 Å². The summed E-state index contributed by atoms with van der Waals surface area (Å²) in [6.45, 7) is -2.37. The van der Waals surface area contributed by atoms with E-state index in [2.05, 4.69) is 26.2 Å². The summed E-state index contributed by atoms with van der Waals surface area (Å²) in [7, 11) is 1.56. The number of aromatic nitrogens is 2. The Hall–Kier alpha value is -1.63. The van der Waals surface area contributed by atoms with Crippen LogP contribution < -0.4 is 10.1 Å². The maximum absolute atomic E-state index is 12.6. The molecule has 0 spiro atoms. The highest BCUT2D eigenvalue weighted by Gasteiger charge is 2.11. The van der Waals surface area contributed by atoms with E-state index in [1.54, 1.807) is 13.2 Å². The van der Waals surface area contributed by atoms with Gasteiger partial charge in [-0.1, -0.05) is 0 Å². The van der Waals surface area contributed by atoms with Crippen LogP contribution in [0.5, 0.6) is 5.75 Å². The molecule has 0 amide bonds. The fourth-order valence-electron chi connectivity index (χ4n) is 1.61. The number of imidazole rings is 1. The molecule has 4 nitrogen and oxygen atoms in total. The molecule has 0 aliphatic heterocycles. The molecule has 0 saturated carbocycles. The van der Waals surface area contributed by atoms with Gasteiger partial charge in [0.15, 0.2) is 0 Å². The van der Waals surface area contributed by atoms with Gasteiger partial charge in [0.1, 0.15) is 11.6 Å². The average Bonchev–Trinajstić information content (AvgIpc) is 2.86. The number of benzene rings is 1. The maximum atomic E-state index is 12.6. The number of anilines is 1. The maximum Gasteiger partial charge on any atom is 0.319 e. The van der Waals surface area contributed by atoms with Crippen molar-refractivity contribution < 1.29 is 13.5 Å². The molecule has 0 aliphatic carbocycles. The van der Waals surface area contributed by atoms with Crippen molar-refractivity contribution in [1.82, 2.24) is 9.55 Å². The lowest BCUT2D eigenvalue weighted by molar-refractivity contribution is 0.0673. The normalized spacial score (nSPS) is 10.8. The van der Waals surface area contributed by atoms with Crippen LogP contribution in [-0.2, 0) is 6.54 Å². The molecule has 0 fully saturated rings. The van der Waals surface area contributed by atoms with Crippen LogP contribution in [0.3, 0.4) is 0 Å². The molecule has 1 aromatic heterocycles. The average molecular weight is 332 g/mol. The first-order valence-corrected chi connectivity index (χ1v) is 6.28. The molecule has 0 bridgehead atoms. The largest absolute Gasteiger partial charge is 0.495 e. The number of methoxy groups -OCH3 is 1. The Kier molecular flexibility index (Phi) is 4.36. The van der Waals surface area contributed by atoms with Gasteiger partial charge in [0.2, 0.25) is 0 Å². The van der Waals surface area contributed by atoms with Gasteiger partial charge in [-0.05, 0) is 28.1 Å². The first-order chi connectivity index (χ1) is 9.11. The topological polar surface area (TPSA) is 39.1 Å². The first-order valence-electron chi connectivity index (χ1n) is 5.49. The fraction of sp³-hybridized carbons (Fsp3) is 0.250. The van der Waals surface area contributed by atoms with Crippen LogP contribution in [0.4, 0.5) is 14.5 Å². The molecule has 7 heteroatoms. The molecule has 102 valence electrons. The smallest absolute Gasteiger partial charge is 0.319 e. The summed E-state index contributed by atoms with van der Waals surface area (Å²) in [5.41, 5.74) is 0.767. The molecule has 0 unspecified atom stereocenters. The van der Waals surface area contributed by atoms with E-state index < -0.39 is 6.55 Å². The van der Waals surface area contributed by atoms with Gasteiger partial charge in [-0.3, -0.25) is 4.57 Å². The van der Waals surface area contributed by atoms with Crippen molar-refractivity contribution >= 4 is 21.6 Å². The third kappa shape index (κ3) is 3.23. The zero-order chi connectivity index (χ0) is 13.8. The van der Waals surface area contributed by atoms with Crippen molar-refractivity contribution in [3.8, 4) is 5.75 Å². The van der Waals surface area contributed by atoms with Crippen LogP contribution in [-0.4, -0.2) is 16.7 Å². The molecule has 19 heavy (non-hydrogen) atoms. The van der Waals surface area contributed by atoms with Crippen molar-refractivity contribution in [2.75, 3.05) is 12.4 Å². The molecule has 1 heterocycles. The summed E-state index contributed by atoms with van der Waals surface area (Å²) in [5, 5.41) is 3.03. The number of ether oxygens (including phenoxy) is 1. The van der Waals surface area contributed by atoms with Crippen molar-refractivity contribution in [3.63, 3.8) is 0 Å². The predicted molar refractivity (Wildman–Crippen MR) is 71.5 cm³/mol. The van der Waals surface area contributed by atoms with Crippen LogP contribution in [0.15, 0.2) is 35.1 Å². The van der Waals surface area contributed by atoms with Gasteiger partial charge < -0.3 is 10.1 Å². The molecule has 0 radical (unpaired) electrons.